The van der Waals surface area contributed by atoms with Crippen LogP contribution in [0.2, 0.25) is 0 Å². The lowest BCUT2D eigenvalue weighted by Crippen LogP contribution is -2.05. The average Bonchev–Trinajstić information content (AvgIpc) is 2.02. The Morgan fingerprint density at radius 2 is 1.69 bits per heavy atom. The number of ketones is 1. The Kier molecular flexibility index (Phi) is 7.26. The molecule has 0 aromatic heterocycles. The molecule has 0 aromatic carbocycles. The van der Waals surface area contributed by atoms with E-state index in [9.17, 15) is 9.59 Å². The molecule has 0 spiro atoms. The molecule has 0 radical (unpaired) electrons. The molecule has 0 rings (SSSR count). The standard InChI is InChI=1S/C10H18O3/c1-2-3-4-5-6-7-9(11)8-10(12)13/h2-8H2,1H3,(H,12,13). The van der Waals surface area contributed by atoms with Gasteiger partial charge in [-0.05, 0) is 6.42 Å². The lowest BCUT2D eigenvalue weighted by molar-refractivity contribution is -0.140. The van der Waals surface area contributed by atoms with Crippen molar-refractivity contribution < 1.29 is 14.7 Å². The average molecular weight is 186 g/mol. The number of unbranched alkanes of at least 4 members (excludes halogenated alkanes) is 4. The van der Waals surface area contributed by atoms with E-state index in [0.29, 0.717) is 6.42 Å². The third-order valence-corrected chi connectivity index (χ3v) is 1.91. The zero-order valence-electron chi connectivity index (χ0n) is 8.21. The predicted molar refractivity (Wildman–Crippen MR) is 50.6 cm³/mol. The molecule has 0 saturated heterocycles. The Morgan fingerprint density at radius 3 is 2.23 bits per heavy atom. The van der Waals surface area contributed by atoms with Crippen LogP contribution in [0.5, 0.6) is 0 Å². The van der Waals surface area contributed by atoms with E-state index in [4.69, 9.17) is 5.11 Å². The molecule has 0 aliphatic rings. The van der Waals surface area contributed by atoms with Crippen LogP contribution in [0.1, 0.15) is 51.9 Å². The number of carbonyl (C=O) groups excluding carboxylic acids is 1. The van der Waals surface area contributed by atoms with E-state index >= 15 is 0 Å². The Hall–Kier alpha value is -0.860. The number of carboxylic acids is 1. The van der Waals surface area contributed by atoms with E-state index in [-0.39, 0.29) is 12.2 Å². The van der Waals surface area contributed by atoms with Crippen LogP contribution < -0.4 is 0 Å². The fourth-order valence-electron chi connectivity index (χ4n) is 1.18. The summed E-state index contributed by atoms with van der Waals surface area (Å²) in [5, 5.41) is 8.30. The van der Waals surface area contributed by atoms with E-state index in [0.717, 1.165) is 19.3 Å². The number of hydrogen-bond donors (Lipinski definition) is 1. The highest BCUT2D eigenvalue weighted by Crippen LogP contribution is 2.06. The maximum Gasteiger partial charge on any atom is 0.310 e. The van der Waals surface area contributed by atoms with Crippen molar-refractivity contribution in [2.45, 2.75) is 51.9 Å². The largest absolute Gasteiger partial charge is 0.481 e. The fraction of sp³-hybridized carbons (Fsp3) is 0.800. The van der Waals surface area contributed by atoms with Crippen molar-refractivity contribution in [2.75, 3.05) is 0 Å². The zero-order chi connectivity index (χ0) is 10.1. The molecule has 0 aromatic rings. The van der Waals surface area contributed by atoms with E-state index in [1.165, 1.54) is 12.8 Å². The third kappa shape index (κ3) is 9.05. The maximum atomic E-state index is 10.9. The van der Waals surface area contributed by atoms with Crippen molar-refractivity contribution in [3.8, 4) is 0 Å². The van der Waals surface area contributed by atoms with E-state index in [1.807, 2.05) is 0 Å². The van der Waals surface area contributed by atoms with Gasteiger partial charge in [0.25, 0.3) is 0 Å². The molecule has 76 valence electrons. The number of carboxylic acid groups (broad SMARTS) is 1. The van der Waals surface area contributed by atoms with Gasteiger partial charge in [0, 0.05) is 6.42 Å². The normalized spacial score (nSPS) is 9.92. The number of rotatable bonds is 8. The lowest BCUT2D eigenvalue weighted by atomic mass is 10.1. The molecular weight excluding hydrogens is 168 g/mol. The summed E-state index contributed by atoms with van der Waals surface area (Å²) in [6, 6.07) is 0. The van der Waals surface area contributed by atoms with Crippen molar-refractivity contribution in [3.05, 3.63) is 0 Å². The summed E-state index contributed by atoms with van der Waals surface area (Å²) in [6.45, 7) is 2.13. The summed E-state index contributed by atoms with van der Waals surface area (Å²) in [5.74, 6) is -1.16. The van der Waals surface area contributed by atoms with Crippen LogP contribution in [0.4, 0.5) is 0 Å². The number of carbonyl (C=O) groups is 2. The first-order valence-corrected chi connectivity index (χ1v) is 4.90. The molecule has 0 bridgehead atoms. The van der Waals surface area contributed by atoms with E-state index in [2.05, 4.69) is 6.92 Å². The SMILES string of the molecule is CCCCCCCC(=O)CC(=O)O. The summed E-state index contributed by atoms with van der Waals surface area (Å²) >= 11 is 0. The van der Waals surface area contributed by atoms with Gasteiger partial charge in [-0.25, -0.2) is 0 Å². The Labute approximate surface area is 79.1 Å². The van der Waals surface area contributed by atoms with Gasteiger partial charge >= 0.3 is 5.97 Å². The third-order valence-electron chi connectivity index (χ3n) is 1.91. The van der Waals surface area contributed by atoms with Gasteiger partial charge < -0.3 is 5.11 Å². The zero-order valence-corrected chi connectivity index (χ0v) is 8.21. The monoisotopic (exact) mass is 186 g/mol. The molecule has 0 aliphatic carbocycles. The van der Waals surface area contributed by atoms with Gasteiger partial charge in [-0.15, -0.1) is 0 Å². The van der Waals surface area contributed by atoms with Gasteiger partial charge in [-0.3, -0.25) is 9.59 Å². The van der Waals surface area contributed by atoms with Crippen LogP contribution >= 0.6 is 0 Å². The minimum absolute atomic E-state index is 0.149. The second kappa shape index (κ2) is 7.77. The molecule has 0 amide bonds. The molecule has 0 heterocycles. The summed E-state index contributed by atoms with van der Waals surface area (Å²) in [4.78, 5) is 21.0. The van der Waals surface area contributed by atoms with Crippen LogP contribution in [-0.2, 0) is 9.59 Å². The van der Waals surface area contributed by atoms with Crippen molar-refractivity contribution in [3.63, 3.8) is 0 Å². The number of aliphatic carboxylic acids is 1. The molecule has 0 unspecified atom stereocenters. The van der Waals surface area contributed by atoms with E-state index < -0.39 is 5.97 Å². The maximum absolute atomic E-state index is 10.9. The van der Waals surface area contributed by atoms with Gasteiger partial charge in [0.15, 0.2) is 0 Å². The predicted octanol–water partition coefficient (Wildman–Crippen LogP) is 2.39. The molecule has 3 nitrogen and oxygen atoms in total. The second-order valence-electron chi connectivity index (χ2n) is 3.27. The smallest absolute Gasteiger partial charge is 0.310 e. The molecule has 1 N–H and O–H groups in total. The van der Waals surface area contributed by atoms with Crippen molar-refractivity contribution in [1.29, 1.82) is 0 Å². The Balaban J connectivity index is 3.22. The van der Waals surface area contributed by atoms with Crippen molar-refractivity contribution >= 4 is 11.8 Å². The topological polar surface area (TPSA) is 54.4 Å². The number of Topliss-reactive ketones (excluding diaryl/α,β-unsaturated/α-hetero) is 1. The van der Waals surface area contributed by atoms with Gasteiger partial charge in [0.2, 0.25) is 0 Å². The Morgan fingerprint density at radius 1 is 1.08 bits per heavy atom. The highest BCUT2D eigenvalue weighted by atomic mass is 16.4. The van der Waals surface area contributed by atoms with Gasteiger partial charge in [0.1, 0.15) is 12.2 Å². The number of hydrogen-bond acceptors (Lipinski definition) is 2. The molecule has 0 aliphatic heterocycles. The molecule has 0 saturated carbocycles. The molecule has 0 fully saturated rings. The van der Waals surface area contributed by atoms with Crippen LogP contribution in [-0.4, -0.2) is 16.9 Å². The molecule has 13 heavy (non-hydrogen) atoms. The first kappa shape index (κ1) is 12.1. The van der Waals surface area contributed by atoms with Gasteiger partial charge in [0.05, 0.1) is 0 Å². The minimum atomic E-state index is -1.02. The Bertz CT molecular complexity index is 164. The molecule has 0 atom stereocenters. The van der Waals surface area contributed by atoms with Gasteiger partial charge in [-0.2, -0.15) is 0 Å². The van der Waals surface area contributed by atoms with Crippen LogP contribution in [0.15, 0.2) is 0 Å². The first-order valence-electron chi connectivity index (χ1n) is 4.90. The first-order chi connectivity index (χ1) is 6.16. The van der Waals surface area contributed by atoms with Crippen LogP contribution in [0.3, 0.4) is 0 Å². The minimum Gasteiger partial charge on any atom is -0.481 e. The fourth-order valence-corrected chi connectivity index (χ4v) is 1.18. The highest BCUT2D eigenvalue weighted by Gasteiger charge is 2.06. The highest BCUT2D eigenvalue weighted by molar-refractivity contribution is 5.94. The lowest BCUT2D eigenvalue weighted by Gasteiger charge is -1.98. The summed E-state index contributed by atoms with van der Waals surface area (Å²) in [7, 11) is 0. The summed E-state index contributed by atoms with van der Waals surface area (Å²) in [5.41, 5.74) is 0. The van der Waals surface area contributed by atoms with Crippen molar-refractivity contribution in [1.82, 2.24) is 0 Å². The van der Waals surface area contributed by atoms with E-state index in [1.54, 1.807) is 0 Å². The molecular formula is C10H18O3. The van der Waals surface area contributed by atoms with Gasteiger partial charge in [-0.1, -0.05) is 32.6 Å². The van der Waals surface area contributed by atoms with Crippen molar-refractivity contribution in [2.24, 2.45) is 0 Å². The molecule has 3 heteroatoms. The van der Waals surface area contributed by atoms with Crippen LogP contribution in [0.25, 0.3) is 0 Å². The summed E-state index contributed by atoms with van der Waals surface area (Å²) in [6.07, 6.45) is 5.53. The second-order valence-corrected chi connectivity index (χ2v) is 3.27. The summed E-state index contributed by atoms with van der Waals surface area (Å²) < 4.78 is 0. The van der Waals surface area contributed by atoms with Crippen LogP contribution in [0, 0.1) is 0 Å². The quantitative estimate of drug-likeness (QED) is 0.467.